The molecule has 0 spiro atoms. The predicted molar refractivity (Wildman–Crippen MR) is 171 cm³/mol. The zero-order chi connectivity index (χ0) is 31.1. The smallest absolute Gasteiger partial charge is 0.220 e. The number of nitrogens with zero attached hydrogens (tertiary/aromatic N) is 2. The predicted octanol–water partition coefficient (Wildman–Crippen LogP) is 5.11. The van der Waals surface area contributed by atoms with Crippen molar-refractivity contribution in [1.29, 1.82) is 0 Å². The Balaban J connectivity index is 1.37. The number of nitrogens with one attached hydrogen (secondary N) is 4. The Morgan fingerprint density at radius 3 is 2.61 bits per heavy atom. The summed E-state index contributed by atoms with van der Waals surface area (Å²) in [6, 6.07) is 16.7. The number of anilines is 2. The van der Waals surface area contributed by atoms with Crippen LogP contribution in [0.1, 0.15) is 29.5 Å². The van der Waals surface area contributed by atoms with Crippen molar-refractivity contribution in [3.8, 4) is 28.4 Å². The first-order valence-corrected chi connectivity index (χ1v) is 14.9. The van der Waals surface area contributed by atoms with Gasteiger partial charge in [0.15, 0.2) is 5.82 Å². The largest absolute Gasteiger partial charge is 0.481 e. The van der Waals surface area contributed by atoms with Crippen molar-refractivity contribution in [2.75, 3.05) is 32.1 Å². The number of amides is 1. The molecular weight excluding hydrogens is 583 g/mol. The molecule has 0 radical (unpaired) electrons. The molecule has 44 heavy (non-hydrogen) atoms. The molecule has 2 aromatic carbocycles. The van der Waals surface area contributed by atoms with Gasteiger partial charge in [0.25, 0.3) is 0 Å². The van der Waals surface area contributed by atoms with Gasteiger partial charge in [-0.05, 0) is 43.2 Å². The summed E-state index contributed by atoms with van der Waals surface area (Å²) in [6.45, 7) is 3.83. The summed E-state index contributed by atoms with van der Waals surface area (Å²) < 4.78 is 20.9. The van der Waals surface area contributed by atoms with E-state index in [1.54, 1.807) is 31.5 Å². The molecule has 0 saturated carbocycles. The first kappa shape index (κ1) is 31.3. The zero-order valence-corrected chi connectivity index (χ0v) is 25.5. The number of aliphatic hydroxyl groups is 1. The lowest BCUT2D eigenvalue weighted by Crippen LogP contribution is -2.35. The standard InChI is InChI=1S/C33H36ClFN6O3/c1-20-24(6-4-7-26(20)40-28-8-3-5-21(31(28)35)17-36-15-16-42)32-30(34)25(13-14-38-32)27-11-9-22(33(41-27)44-2)18-37-19-23-10-12-29(43)39-23/h3-9,11,13-14,23,36-37,40,42H,10,12,15-19H2,1-2H3,(H,39,43)/t23-/m1/s1. The van der Waals surface area contributed by atoms with E-state index < -0.39 is 0 Å². The molecule has 1 saturated heterocycles. The van der Waals surface area contributed by atoms with Crippen LogP contribution >= 0.6 is 11.6 Å². The van der Waals surface area contributed by atoms with Crippen LogP contribution in [0.3, 0.4) is 0 Å². The van der Waals surface area contributed by atoms with Gasteiger partial charge in [0.05, 0.1) is 35.8 Å². The highest BCUT2D eigenvalue weighted by Crippen LogP contribution is 2.38. The number of benzene rings is 2. The number of rotatable bonds is 13. The maximum Gasteiger partial charge on any atom is 0.220 e. The van der Waals surface area contributed by atoms with Crippen molar-refractivity contribution in [3.63, 3.8) is 0 Å². The number of carbonyl (C=O) groups is 1. The topological polar surface area (TPSA) is 120 Å². The van der Waals surface area contributed by atoms with Crippen LogP contribution in [-0.4, -0.2) is 53.8 Å². The molecule has 2 aromatic heterocycles. The molecule has 4 aromatic rings. The minimum atomic E-state index is -0.357. The van der Waals surface area contributed by atoms with Crippen molar-refractivity contribution in [3.05, 3.63) is 88.3 Å². The fourth-order valence-corrected chi connectivity index (χ4v) is 5.57. The Labute approximate surface area is 261 Å². The van der Waals surface area contributed by atoms with Gasteiger partial charge in [-0.25, -0.2) is 9.37 Å². The normalized spacial score (nSPS) is 14.5. The minimum absolute atomic E-state index is 0.0149. The van der Waals surface area contributed by atoms with Crippen LogP contribution in [0.2, 0.25) is 5.02 Å². The second kappa shape index (κ2) is 14.6. The van der Waals surface area contributed by atoms with E-state index in [1.807, 2.05) is 43.3 Å². The summed E-state index contributed by atoms with van der Waals surface area (Å²) >= 11 is 6.98. The van der Waals surface area contributed by atoms with E-state index in [2.05, 4.69) is 26.3 Å². The summed E-state index contributed by atoms with van der Waals surface area (Å²) in [5.74, 6) is 0.220. The number of aromatic nitrogens is 2. The summed E-state index contributed by atoms with van der Waals surface area (Å²) in [5.41, 5.74) is 6.04. The molecule has 11 heteroatoms. The SMILES string of the molecule is COc1nc(-c2ccnc(-c3cccc(Nc4cccc(CNCCO)c4F)c3C)c2Cl)ccc1CNC[C@H]1CCC(=O)N1. The van der Waals surface area contributed by atoms with Gasteiger partial charge in [0.2, 0.25) is 11.8 Å². The van der Waals surface area contributed by atoms with Crippen LogP contribution in [0, 0.1) is 12.7 Å². The fourth-order valence-electron chi connectivity index (χ4n) is 5.26. The van der Waals surface area contributed by atoms with E-state index in [9.17, 15) is 4.79 Å². The van der Waals surface area contributed by atoms with Crippen molar-refractivity contribution in [2.24, 2.45) is 0 Å². The zero-order valence-electron chi connectivity index (χ0n) is 24.7. The molecule has 3 heterocycles. The third-order valence-electron chi connectivity index (χ3n) is 7.63. The number of carbonyl (C=O) groups excluding carboxylic acids is 1. The van der Waals surface area contributed by atoms with Gasteiger partial charge in [-0.3, -0.25) is 9.78 Å². The molecule has 5 rings (SSSR count). The van der Waals surface area contributed by atoms with Crippen LogP contribution < -0.4 is 26.0 Å². The number of halogens is 2. The molecular formula is C33H36ClFN6O3. The summed E-state index contributed by atoms with van der Waals surface area (Å²) in [7, 11) is 1.58. The van der Waals surface area contributed by atoms with Gasteiger partial charge in [0.1, 0.15) is 0 Å². The van der Waals surface area contributed by atoms with E-state index in [0.29, 0.717) is 71.7 Å². The third-order valence-corrected chi connectivity index (χ3v) is 8.01. The van der Waals surface area contributed by atoms with E-state index in [1.165, 1.54) is 0 Å². The lowest BCUT2D eigenvalue weighted by atomic mass is 10.0. The van der Waals surface area contributed by atoms with Crippen LogP contribution in [0.25, 0.3) is 22.5 Å². The Morgan fingerprint density at radius 2 is 1.84 bits per heavy atom. The highest BCUT2D eigenvalue weighted by Gasteiger charge is 2.21. The molecule has 0 aliphatic carbocycles. The quantitative estimate of drug-likeness (QED) is 0.131. The van der Waals surface area contributed by atoms with Gasteiger partial charge in [-0.15, -0.1) is 0 Å². The molecule has 1 aliphatic rings. The Hall–Kier alpha value is -4.09. The van der Waals surface area contributed by atoms with E-state index in [-0.39, 0.29) is 24.4 Å². The molecule has 5 N–H and O–H groups in total. The van der Waals surface area contributed by atoms with Gasteiger partial charge >= 0.3 is 0 Å². The van der Waals surface area contributed by atoms with Crippen molar-refractivity contribution in [1.82, 2.24) is 25.9 Å². The van der Waals surface area contributed by atoms with Crippen LogP contribution in [0.4, 0.5) is 15.8 Å². The average molecular weight is 619 g/mol. The second-order valence-corrected chi connectivity index (χ2v) is 11.0. The van der Waals surface area contributed by atoms with Crippen LogP contribution in [-0.2, 0) is 17.9 Å². The lowest BCUT2D eigenvalue weighted by Gasteiger charge is -2.17. The first-order valence-electron chi connectivity index (χ1n) is 14.5. The Bertz CT molecular complexity index is 1640. The molecule has 1 fully saturated rings. The number of pyridine rings is 2. The van der Waals surface area contributed by atoms with E-state index in [0.717, 1.165) is 28.8 Å². The molecule has 0 bridgehead atoms. The van der Waals surface area contributed by atoms with Crippen LogP contribution in [0.5, 0.6) is 5.88 Å². The Kier molecular flexibility index (Phi) is 10.4. The summed E-state index contributed by atoms with van der Waals surface area (Å²) in [5, 5.41) is 22.0. The van der Waals surface area contributed by atoms with Crippen molar-refractivity contribution in [2.45, 2.75) is 38.9 Å². The summed E-state index contributed by atoms with van der Waals surface area (Å²) in [6.07, 6.45) is 3.09. The van der Waals surface area contributed by atoms with Crippen molar-refractivity contribution < 1.29 is 19.0 Å². The molecule has 1 atom stereocenters. The first-order chi connectivity index (χ1) is 21.4. The molecule has 230 valence electrons. The monoisotopic (exact) mass is 618 g/mol. The number of aliphatic hydroxyl groups excluding tert-OH is 1. The van der Waals surface area contributed by atoms with Gasteiger partial charge < -0.3 is 31.1 Å². The van der Waals surface area contributed by atoms with Gasteiger partial charge in [-0.1, -0.05) is 41.9 Å². The maximum absolute atomic E-state index is 15.3. The summed E-state index contributed by atoms with van der Waals surface area (Å²) in [4.78, 5) is 20.8. The second-order valence-electron chi connectivity index (χ2n) is 10.6. The van der Waals surface area contributed by atoms with Gasteiger partial charge in [-0.2, -0.15) is 0 Å². The average Bonchev–Trinajstić information content (AvgIpc) is 3.45. The highest BCUT2D eigenvalue weighted by atomic mass is 35.5. The number of hydrogen-bond donors (Lipinski definition) is 5. The lowest BCUT2D eigenvalue weighted by molar-refractivity contribution is -0.119. The van der Waals surface area contributed by atoms with E-state index in [4.69, 9.17) is 26.4 Å². The molecule has 1 aliphatic heterocycles. The number of methoxy groups -OCH3 is 1. The third kappa shape index (κ3) is 7.16. The van der Waals surface area contributed by atoms with Gasteiger partial charge in [0, 0.05) is 72.8 Å². The number of hydrogen-bond acceptors (Lipinski definition) is 8. The molecule has 9 nitrogen and oxygen atoms in total. The van der Waals surface area contributed by atoms with Crippen molar-refractivity contribution >= 4 is 28.9 Å². The Morgan fingerprint density at radius 1 is 1.05 bits per heavy atom. The number of ether oxygens (including phenoxy) is 1. The minimum Gasteiger partial charge on any atom is -0.481 e. The van der Waals surface area contributed by atoms with Crippen LogP contribution in [0.15, 0.2) is 60.8 Å². The molecule has 1 amide bonds. The maximum atomic E-state index is 15.3. The fraction of sp³-hybridized carbons (Fsp3) is 0.303. The van der Waals surface area contributed by atoms with E-state index >= 15 is 4.39 Å². The molecule has 0 unspecified atom stereocenters. The highest BCUT2D eigenvalue weighted by molar-refractivity contribution is 6.35.